The van der Waals surface area contributed by atoms with Crippen molar-refractivity contribution in [2.24, 2.45) is 0 Å². The predicted octanol–water partition coefficient (Wildman–Crippen LogP) is 3.39. The number of nitrogen functional groups attached to an aromatic ring is 1. The number of benzene rings is 1. The highest BCUT2D eigenvalue weighted by atomic mass is 32.1. The first kappa shape index (κ1) is 11.0. The van der Waals surface area contributed by atoms with E-state index >= 15 is 0 Å². The van der Waals surface area contributed by atoms with Gasteiger partial charge in [0.1, 0.15) is 5.82 Å². The molecule has 2 aromatic rings. The van der Waals surface area contributed by atoms with Crippen molar-refractivity contribution >= 4 is 22.7 Å². The Bertz CT molecular complexity index is 494. The van der Waals surface area contributed by atoms with Crippen LogP contribution in [0.15, 0.2) is 29.6 Å². The molecular weight excluding hydrogens is 223 g/mol. The molecule has 0 saturated heterocycles. The molecule has 0 saturated carbocycles. The molecule has 4 heteroatoms. The van der Waals surface area contributed by atoms with Gasteiger partial charge < -0.3 is 11.1 Å². The summed E-state index contributed by atoms with van der Waals surface area (Å²) >= 11 is 1.61. The maximum Gasteiger partial charge on any atom is 0.126 e. The fraction of sp³-hybridized carbons (Fsp3) is 0.167. The molecular formula is C12H13FN2S. The minimum absolute atomic E-state index is 0.179. The molecule has 0 spiro atoms. The SMILES string of the molecule is Cc1cc(NCc2sccc2N)ccc1F. The summed E-state index contributed by atoms with van der Waals surface area (Å²) in [6, 6.07) is 6.87. The zero-order valence-electron chi connectivity index (χ0n) is 8.96. The first-order chi connectivity index (χ1) is 7.66. The van der Waals surface area contributed by atoms with Gasteiger partial charge in [0, 0.05) is 16.3 Å². The minimum atomic E-state index is -0.179. The molecule has 0 amide bonds. The highest BCUT2D eigenvalue weighted by Crippen LogP contribution is 2.21. The molecule has 0 aliphatic carbocycles. The lowest BCUT2D eigenvalue weighted by Crippen LogP contribution is -2.00. The van der Waals surface area contributed by atoms with E-state index in [9.17, 15) is 4.39 Å². The Morgan fingerprint density at radius 1 is 1.38 bits per heavy atom. The Morgan fingerprint density at radius 2 is 2.19 bits per heavy atom. The molecule has 0 atom stereocenters. The van der Waals surface area contributed by atoms with Crippen LogP contribution in [0.1, 0.15) is 10.4 Å². The third kappa shape index (κ3) is 2.33. The van der Waals surface area contributed by atoms with Gasteiger partial charge in [0.15, 0.2) is 0 Å². The van der Waals surface area contributed by atoms with Crippen molar-refractivity contribution in [1.82, 2.24) is 0 Å². The van der Waals surface area contributed by atoms with Crippen molar-refractivity contribution in [3.63, 3.8) is 0 Å². The Labute approximate surface area is 97.9 Å². The lowest BCUT2D eigenvalue weighted by atomic mass is 10.2. The van der Waals surface area contributed by atoms with Crippen molar-refractivity contribution in [3.8, 4) is 0 Å². The third-order valence-corrected chi connectivity index (χ3v) is 3.33. The Balaban J connectivity index is 2.05. The number of thiophene rings is 1. The number of nitrogens with one attached hydrogen (secondary N) is 1. The maximum atomic E-state index is 13.0. The fourth-order valence-corrected chi connectivity index (χ4v) is 2.17. The molecule has 84 valence electrons. The molecule has 0 bridgehead atoms. The zero-order valence-corrected chi connectivity index (χ0v) is 9.77. The van der Waals surface area contributed by atoms with Gasteiger partial charge in [-0.15, -0.1) is 11.3 Å². The average molecular weight is 236 g/mol. The van der Waals surface area contributed by atoms with E-state index in [0.717, 1.165) is 16.3 Å². The highest BCUT2D eigenvalue weighted by Gasteiger charge is 2.02. The zero-order chi connectivity index (χ0) is 11.5. The van der Waals surface area contributed by atoms with Gasteiger partial charge in [0.25, 0.3) is 0 Å². The Hall–Kier alpha value is -1.55. The van der Waals surface area contributed by atoms with Crippen LogP contribution in [0.3, 0.4) is 0 Å². The van der Waals surface area contributed by atoms with Gasteiger partial charge in [-0.1, -0.05) is 0 Å². The van der Waals surface area contributed by atoms with Crippen LogP contribution >= 0.6 is 11.3 Å². The summed E-state index contributed by atoms with van der Waals surface area (Å²) in [7, 11) is 0. The predicted molar refractivity (Wildman–Crippen MR) is 67.2 cm³/mol. The maximum absolute atomic E-state index is 13.0. The molecule has 0 unspecified atom stereocenters. The van der Waals surface area contributed by atoms with Crippen molar-refractivity contribution in [2.75, 3.05) is 11.1 Å². The standard InChI is InChI=1S/C12H13FN2S/c1-8-6-9(2-3-10(8)13)15-7-12-11(14)4-5-16-12/h2-6,15H,7,14H2,1H3. The van der Waals surface area contributed by atoms with E-state index in [1.807, 2.05) is 11.4 Å². The molecule has 3 N–H and O–H groups in total. The van der Waals surface area contributed by atoms with Crippen LogP contribution < -0.4 is 11.1 Å². The number of hydrogen-bond acceptors (Lipinski definition) is 3. The second kappa shape index (κ2) is 4.53. The van der Waals surface area contributed by atoms with Crippen molar-refractivity contribution < 1.29 is 4.39 Å². The van der Waals surface area contributed by atoms with Crippen LogP contribution in [-0.4, -0.2) is 0 Å². The number of rotatable bonds is 3. The molecule has 0 aliphatic rings. The number of hydrogen-bond donors (Lipinski definition) is 2. The van der Waals surface area contributed by atoms with Gasteiger partial charge in [-0.25, -0.2) is 4.39 Å². The first-order valence-electron chi connectivity index (χ1n) is 4.98. The van der Waals surface area contributed by atoms with Gasteiger partial charge in [-0.05, 0) is 42.1 Å². The number of anilines is 2. The van der Waals surface area contributed by atoms with E-state index in [4.69, 9.17) is 5.73 Å². The van der Waals surface area contributed by atoms with Crippen molar-refractivity contribution in [3.05, 3.63) is 45.9 Å². The number of nitrogens with two attached hydrogens (primary N) is 1. The lowest BCUT2D eigenvalue weighted by Gasteiger charge is -2.07. The molecule has 0 fully saturated rings. The van der Waals surface area contributed by atoms with E-state index < -0.39 is 0 Å². The largest absolute Gasteiger partial charge is 0.398 e. The van der Waals surface area contributed by atoms with Crippen molar-refractivity contribution in [1.29, 1.82) is 0 Å². The molecule has 2 rings (SSSR count). The van der Waals surface area contributed by atoms with Crippen LogP contribution in [0.25, 0.3) is 0 Å². The van der Waals surface area contributed by atoms with Gasteiger partial charge in [0.2, 0.25) is 0 Å². The summed E-state index contributed by atoms with van der Waals surface area (Å²) in [5.74, 6) is -0.179. The van der Waals surface area contributed by atoms with Crippen LogP contribution in [0.4, 0.5) is 15.8 Å². The first-order valence-corrected chi connectivity index (χ1v) is 5.86. The summed E-state index contributed by atoms with van der Waals surface area (Å²) < 4.78 is 13.0. The molecule has 1 aromatic carbocycles. The number of halogens is 1. The topological polar surface area (TPSA) is 38.0 Å². The Kier molecular flexibility index (Phi) is 3.10. The Morgan fingerprint density at radius 3 is 2.81 bits per heavy atom. The highest BCUT2D eigenvalue weighted by molar-refractivity contribution is 7.10. The average Bonchev–Trinajstić information content (AvgIpc) is 2.66. The van der Waals surface area contributed by atoms with E-state index in [-0.39, 0.29) is 5.82 Å². The van der Waals surface area contributed by atoms with Gasteiger partial charge in [-0.3, -0.25) is 0 Å². The molecule has 2 nitrogen and oxygen atoms in total. The summed E-state index contributed by atoms with van der Waals surface area (Å²) in [6.45, 7) is 2.43. The summed E-state index contributed by atoms with van der Waals surface area (Å²) in [5, 5.41) is 5.18. The summed E-state index contributed by atoms with van der Waals surface area (Å²) in [5.41, 5.74) is 8.12. The van der Waals surface area contributed by atoms with E-state index in [1.54, 1.807) is 30.4 Å². The van der Waals surface area contributed by atoms with Crippen LogP contribution in [0, 0.1) is 12.7 Å². The monoisotopic (exact) mass is 236 g/mol. The normalized spacial score (nSPS) is 10.4. The second-order valence-corrected chi connectivity index (χ2v) is 4.62. The van der Waals surface area contributed by atoms with Crippen LogP contribution in [0.2, 0.25) is 0 Å². The molecule has 16 heavy (non-hydrogen) atoms. The third-order valence-electron chi connectivity index (χ3n) is 2.39. The van der Waals surface area contributed by atoms with Crippen LogP contribution in [0.5, 0.6) is 0 Å². The van der Waals surface area contributed by atoms with Crippen LogP contribution in [-0.2, 0) is 6.54 Å². The molecule has 0 aliphatic heterocycles. The van der Waals surface area contributed by atoms with Gasteiger partial charge in [0.05, 0.1) is 6.54 Å². The lowest BCUT2D eigenvalue weighted by molar-refractivity contribution is 0.618. The molecule has 1 aromatic heterocycles. The summed E-state index contributed by atoms with van der Waals surface area (Å²) in [6.07, 6.45) is 0. The second-order valence-electron chi connectivity index (χ2n) is 3.62. The summed E-state index contributed by atoms with van der Waals surface area (Å²) in [4.78, 5) is 1.10. The van der Waals surface area contributed by atoms with E-state index in [2.05, 4.69) is 5.32 Å². The van der Waals surface area contributed by atoms with Gasteiger partial charge in [-0.2, -0.15) is 0 Å². The molecule has 1 heterocycles. The van der Waals surface area contributed by atoms with E-state index in [0.29, 0.717) is 12.1 Å². The van der Waals surface area contributed by atoms with E-state index in [1.165, 1.54) is 6.07 Å². The smallest absolute Gasteiger partial charge is 0.126 e. The quantitative estimate of drug-likeness (QED) is 0.857. The van der Waals surface area contributed by atoms with Crippen molar-refractivity contribution in [2.45, 2.75) is 13.5 Å². The van der Waals surface area contributed by atoms with Gasteiger partial charge >= 0.3 is 0 Å². The molecule has 0 radical (unpaired) electrons. The minimum Gasteiger partial charge on any atom is -0.398 e. The number of aryl methyl sites for hydroxylation is 1. The fourth-order valence-electron chi connectivity index (χ4n) is 1.43.